The van der Waals surface area contributed by atoms with Crippen molar-refractivity contribution in [3.05, 3.63) is 90.6 Å². The van der Waals surface area contributed by atoms with E-state index in [4.69, 9.17) is 14.8 Å². The third kappa shape index (κ3) is 6.49. The van der Waals surface area contributed by atoms with E-state index in [-0.39, 0.29) is 11.9 Å². The Kier molecular flexibility index (Phi) is 7.97. The van der Waals surface area contributed by atoms with E-state index in [1.54, 1.807) is 23.5 Å². The van der Waals surface area contributed by atoms with Crippen molar-refractivity contribution in [3.63, 3.8) is 0 Å². The number of carbonyl (C=O) groups is 2. The first-order valence-electron chi connectivity index (χ1n) is 11.5. The smallest absolute Gasteiger partial charge is 0.329 e. The summed E-state index contributed by atoms with van der Waals surface area (Å²) in [7, 11) is 0. The summed E-state index contributed by atoms with van der Waals surface area (Å²) in [5.41, 5.74) is 3.36. The van der Waals surface area contributed by atoms with Crippen LogP contribution in [0, 0.1) is 5.92 Å². The molecule has 4 aromatic rings. The Morgan fingerprint density at radius 2 is 1.75 bits per heavy atom. The lowest BCUT2D eigenvalue weighted by molar-refractivity contribution is -0.131. The fourth-order valence-electron chi connectivity index (χ4n) is 3.48. The molecule has 1 aromatic heterocycles. The summed E-state index contributed by atoms with van der Waals surface area (Å²) in [5, 5.41) is 15.5. The Hall–Kier alpha value is -4.17. The van der Waals surface area contributed by atoms with E-state index in [1.165, 1.54) is 4.70 Å². The van der Waals surface area contributed by atoms with Gasteiger partial charge in [-0.3, -0.25) is 4.79 Å². The van der Waals surface area contributed by atoms with Gasteiger partial charge in [-0.25, -0.2) is 9.78 Å². The number of rotatable bonds is 10. The van der Waals surface area contributed by atoms with Crippen LogP contribution in [0.2, 0.25) is 0 Å². The third-order valence-electron chi connectivity index (χ3n) is 5.57. The number of anilines is 1. The molecule has 0 bridgehead atoms. The van der Waals surface area contributed by atoms with Gasteiger partial charge in [-0.05, 0) is 66.6 Å². The number of para-hydroxylation sites is 1. The molecule has 1 heterocycles. The normalized spacial score (nSPS) is 12.1. The van der Waals surface area contributed by atoms with Crippen LogP contribution in [0.15, 0.2) is 85.1 Å². The second-order valence-corrected chi connectivity index (χ2v) is 9.57. The number of fused-ring (bicyclic) bond motifs is 1. The maximum Gasteiger partial charge on any atom is 0.329 e. The monoisotopic (exact) mass is 501 g/mol. The van der Waals surface area contributed by atoms with Gasteiger partial charge < -0.3 is 20.5 Å². The summed E-state index contributed by atoms with van der Waals surface area (Å²) in [6.07, 6.45) is 1.98. The number of hydrogen-bond donors (Lipinski definition) is 3. The Morgan fingerprint density at radius 3 is 2.42 bits per heavy atom. The number of aliphatic carboxylic acids is 1. The number of benzene rings is 3. The maximum atomic E-state index is 12.1. The van der Waals surface area contributed by atoms with Crippen molar-refractivity contribution in [1.82, 2.24) is 10.3 Å². The molecule has 184 valence electrons. The summed E-state index contributed by atoms with van der Waals surface area (Å²) in [5.74, 6) is -0.414. The molecule has 0 unspecified atom stereocenters. The second-order valence-electron chi connectivity index (χ2n) is 8.54. The zero-order chi connectivity index (χ0) is 25.5. The van der Waals surface area contributed by atoms with Crippen LogP contribution in [0.5, 0.6) is 5.75 Å². The summed E-state index contributed by atoms with van der Waals surface area (Å²) < 4.78 is 7.25. The molecule has 1 amide bonds. The largest absolute Gasteiger partial charge is 0.491 e. The minimum absolute atomic E-state index is 0.0483. The van der Waals surface area contributed by atoms with Gasteiger partial charge in [0.15, 0.2) is 0 Å². The zero-order valence-electron chi connectivity index (χ0n) is 20.0. The molecule has 1 atom stereocenters. The number of carboxylic acids is 1. The van der Waals surface area contributed by atoms with Crippen molar-refractivity contribution >= 4 is 39.1 Å². The van der Waals surface area contributed by atoms with E-state index in [2.05, 4.69) is 30.5 Å². The molecule has 0 aliphatic rings. The molecule has 0 saturated carbocycles. The van der Waals surface area contributed by atoms with Crippen molar-refractivity contribution in [2.24, 2.45) is 5.92 Å². The van der Waals surface area contributed by atoms with E-state index in [9.17, 15) is 9.59 Å². The summed E-state index contributed by atoms with van der Waals surface area (Å²) in [6, 6.07) is 23.2. The Morgan fingerprint density at radius 1 is 1.03 bits per heavy atom. The average molecular weight is 502 g/mol. The lowest BCUT2D eigenvalue weighted by Crippen LogP contribution is -2.32. The molecule has 0 fully saturated rings. The number of carboxylic acid groups (broad SMARTS) is 1. The molecule has 0 spiro atoms. The van der Waals surface area contributed by atoms with Gasteiger partial charge in [0, 0.05) is 29.1 Å². The summed E-state index contributed by atoms with van der Waals surface area (Å²) in [4.78, 5) is 27.3. The zero-order valence-corrected chi connectivity index (χ0v) is 20.8. The van der Waals surface area contributed by atoms with Gasteiger partial charge in [0.25, 0.3) is 5.91 Å². The van der Waals surface area contributed by atoms with Gasteiger partial charge >= 0.3 is 5.97 Å². The van der Waals surface area contributed by atoms with Crippen molar-refractivity contribution in [2.45, 2.75) is 19.9 Å². The number of nitrogens with one attached hydrogen (secondary N) is 2. The predicted octanol–water partition coefficient (Wildman–Crippen LogP) is 5.81. The first-order valence-corrected chi connectivity index (χ1v) is 12.4. The van der Waals surface area contributed by atoms with Crippen LogP contribution >= 0.6 is 11.3 Å². The number of ether oxygens (including phenoxy) is 1. The van der Waals surface area contributed by atoms with Gasteiger partial charge in [-0.1, -0.05) is 26.0 Å². The molecular weight excluding hydrogens is 474 g/mol. The molecule has 4 rings (SSSR count). The Bertz CT molecular complexity index is 1330. The predicted molar refractivity (Wildman–Crippen MR) is 143 cm³/mol. The highest BCUT2D eigenvalue weighted by molar-refractivity contribution is 7.21. The quantitative estimate of drug-likeness (QED) is 0.237. The molecule has 36 heavy (non-hydrogen) atoms. The Labute approximate surface area is 213 Å². The first kappa shape index (κ1) is 24.9. The van der Waals surface area contributed by atoms with Crippen molar-refractivity contribution < 1.29 is 19.4 Å². The topological polar surface area (TPSA) is 101 Å². The molecule has 0 aliphatic heterocycles. The average Bonchev–Trinajstić information content (AvgIpc) is 3.31. The van der Waals surface area contributed by atoms with E-state index in [0.717, 1.165) is 39.8 Å². The van der Waals surface area contributed by atoms with Gasteiger partial charge in [0.1, 0.15) is 17.4 Å². The van der Waals surface area contributed by atoms with E-state index in [1.807, 2.05) is 54.6 Å². The van der Waals surface area contributed by atoms with Crippen LogP contribution in [0.1, 0.15) is 24.2 Å². The van der Waals surface area contributed by atoms with Gasteiger partial charge in [0.2, 0.25) is 0 Å². The minimum atomic E-state index is -1.12. The SMILES string of the molecule is CC(C)[C@@H](COc1ccc(-c2nc3ccccc3s2)cc1)Nc1ccc(C(=O)N/C=C/C(=O)O)cc1. The number of carbonyl (C=O) groups excluding carboxylic acids is 1. The van der Waals surface area contributed by atoms with Crippen LogP contribution in [-0.2, 0) is 4.79 Å². The lowest BCUT2D eigenvalue weighted by atomic mass is 10.0. The van der Waals surface area contributed by atoms with Crippen LogP contribution < -0.4 is 15.4 Å². The van der Waals surface area contributed by atoms with E-state index in [0.29, 0.717) is 18.1 Å². The molecule has 3 aromatic carbocycles. The minimum Gasteiger partial charge on any atom is -0.491 e. The fourth-order valence-corrected chi connectivity index (χ4v) is 4.45. The third-order valence-corrected chi connectivity index (χ3v) is 6.65. The highest BCUT2D eigenvalue weighted by Crippen LogP contribution is 2.31. The Balaban J connectivity index is 1.34. The molecule has 0 saturated heterocycles. The number of aromatic nitrogens is 1. The van der Waals surface area contributed by atoms with Crippen LogP contribution in [0.3, 0.4) is 0 Å². The second kappa shape index (κ2) is 11.5. The van der Waals surface area contributed by atoms with Crippen LogP contribution in [-0.4, -0.2) is 34.6 Å². The highest BCUT2D eigenvalue weighted by Gasteiger charge is 2.15. The highest BCUT2D eigenvalue weighted by atomic mass is 32.1. The van der Waals surface area contributed by atoms with Crippen molar-refractivity contribution in [1.29, 1.82) is 0 Å². The van der Waals surface area contributed by atoms with Gasteiger partial charge in [-0.15, -0.1) is 11.3 Å². The fraction of sp³-hybridized carbons (Fsp3) is 0.179. The van der Waals surface area contributed by atoms with E-state index < -0.39 is 5.97 Å². The molecular formula is C28H27N3O4S. The van der Waals surface area contributed by atoms with Crippen molar-refractivity contribution in [2.75, 3.05) is 11.9 Å². The first-order chi connectivity index (χ1) is 17.4. The summed E-state index contributed by atoms with van der Waals surface area (Å²) >= 11 is 1.67. The molecule has 3 N–H and O–H groups in total. The number of thiazole rings is 1. The van der Waals surface area contributed by atoms with Crippen LogP contribution in [0.4, 0.5) is 5.69 Å². The number of hydrogen-bond acceptors (Lipinski definition) is 6. The lowest BCUT2D eigenvalue weighted by Gasteiger charge is -2.24. The molecule has 0 radical (unpaired) electrons. The summed E-state index contributed by atoms with van der Waals surface area (Å²) in [6.45, 7) is 4.71. The van der Waals surface area contributed by atoms with Gasteiger partial charge in [-0.2, -0.15) is 0 Å². The van der Waals surface area contributed by atoms with Crippen LogP contribution in [0.25, 0.3) is 20.8 Å². The van der Waals surface area contributed by atoms with Crippen molar-refractivity contribution in [3.8, 4) is 16.3 Å². The number of amides is 1. The maximum absolute atomic E-state index is 12.1. The van der Waals surface area contributed by atoms with E-state index >= 15 is 0 Å². The molecule has 8 heteroatoms. The molecule has 0 aliphatic carbocycles. The number of nitrogens with zero attached hydrogens (tertiary/aromatic N) is 1. The molecule has 7 nitrogen and oxygen atoms in total. The standard InChI is InChI=1S/C28H27N3O4S/c1-18(2)24(30-21-11-7-19(8-12-21)27(34)29-16-15-26(32)33)17-35-22-13-9-20(10-14-22)28-31-23-5-3-4-6-25(23)36-28/h3-16,18,24,30H,17H2,1-2H3,(H,29,34)(H,32,33)/b16-15+/t24-/m1/s1. The van der Waals surface area contributed by atoms with Gasteiger partial charge in [0.05, 0.1) is 16.3 Å².